The van der Waals surface area contributed by atoms with E-state index in [1.165, 1.54) is 7.11 Å². The Labute approximate surface area is 67.2 Å². The van der Waals surface area contributed by atoms with E-state index in [1.54, 1.807) is 6.92 Å². The molecule has 2 nitrogen and oxygen atoms in total. The van der Waals surface area contributed by atoms with Crippen molar-refractivity contribution in [1.82, 2.24) is 0 Å². The third-order valence-corrected chi connectivity index (χ3v) is 1.40. The van der Waals surface area contributed by atoms with Crippen LogP contribution in [0.3, 0.4) is 0 Å². The van der Waals surface area contributed by atoms with Gasteiger partial charge in [0.2, 0.25) is 0 Å². The van der Waals surface area contributed by atoms with Crippen molar-refractivity contribution in [2.75, 3.05) is 7.11 Å². The third kappa shape index (κ3) is 2.90. The molecule has 1 unspecified atom stereocenters. The number of terminal acetylenes is 1. The van der Waals surface area contributed by atoms with Crippen LogP contribution in [0.2, 0.25) is 0 Å². The second-order valence-corrected chi connectivity index (χ2v) is 2.33. The first-order chi connectivity index (χ1) is 5.13. The molecule has 0 aliphatic rings. The topological polar surface area (TPSA) is 26.3 Å². The summed E-state index contributed by atoms with van der Waals surface area (Å²) < 4.78 is 4.53. The minimum atomic E-state index is -0.343. The summed E-state index contributed by atoms with van der Waals surface area (Å²) in [6.07, 6.45) is 5.42. The minimum absolute atomic E-state index is 0.310. The highest BCUT2D eigenvalue weighted by atomic mass is 16.5. The summed E-state index contributed by atoms with van der Waals surface area (Å²) in [6.45, 7) is 5.41. The van der Waals surface area contributed by atoms with Crippen molar-refractivity contribution in [3.8, 4) is 12.3 Å². The number of methoxy groups -OCH3 is 1. The molecule has 0 bridgehead atoms. The fourth-order valence-electron chi connectivity index (χ4n) is 0.719. The molecule has 0 radical (unpaired) electrons. The van der Waals surface area contributed by atoms with Gasteiger partial charge in [-0.2, -0.15) is 0 Å². The van der Waals surface area contributed by atoms with Crippen molar-refractivity contribution in [3.05, 3.63) is 12.2 Å². The Kier molecular flexibility index (Phi) is 4.05. The first-order valence-electron chi connectivity index (χ1n) is 3.30. The highest BCUT2D eigenvalue weighted by molar-refractivity contribution is 5.75. The van der Waals surface area contributed by atoms with E-state index in [9.17, 15) is 4.79 Å². The van der Waals surface area contributed by atoms with E-state index in [0.29, 0.717) is 6.42 Å². The van der Waals surface area contributed by atoms with Gasteiger partial charge in [-0.3, -0.25) is 4.79 Å². The Morgan fingerprint density at radius 3 is 2.64 bits per heavy atom. The SMILES string of the molecule is C#CCC(C(=C)C)C(=O)OC. The number of hydrogen-bond donors (Lipinski definition) is 0. The van der Waals surface area contributed by atoms with Gasteiger partial charge in [0.15, 0.2) is 0 Å². The Balaban J connectivity index is 4.24. The lowest BCUT2D eigenvalue weighted by molar-refractivity contribution is -0.143. The highest BCUT2D eigenvalue weighted by Crippen LogP contribution is 2.13. The zero-order valence-corrected chi connectivity index (χ0v) is 6.89. The van der Waals surface area contributed by atoms with Crippen LogP contribution in [0.5, 0.6) is 0 Å². The van der Waals surface area contributed by atoms with E-state index >= 15 is 0 Å². The first kappa shape index (κ1) is 9.77. The van der Waals surface area contributed by atoms with Crippen molar-refractivity contribution in [2.24, 2.45) is 5.92 Å². The lowest BCUT2D eigenvalue weighted by atomic mass is 9.99. The van der Waals surface area contributed by atoms with Gasteiger partial charge in [0.25, 0.3) is 0 Å². The molecule has 0 aliphatic heterocycles. The van der Waals surface area contributed by atoms with E-state index in [1.807, 2.05) is 0 Å². The fraction of sp³-hybridized carbons (Fsp3) is 0.444. The van der Waals surface area contributed by atoms with Crippen molar-refractivity contribution in [1.29, 1.82) is 0 Å². The predicted molar refractivity (Wildman–Crippen MR) is 43.8 cm³/mol. The summed E-state index contributed by atoms with van der Waals surface area (Å²) in [5.74, 6) is 1.75. The lowest BCUT2D eigenvalue weighted by Crippen LogP contribution is -2.16. The van der Waals surface area contributed by atoms with Gasteiger partial charge in [0.05, 0.1) is 13.0 Å². The Hall–Kier alpha value is -1.23. The summed E-state index contributed by atoms with van der Waals surface area (Å²) in [5.41, 5.74) is 0.745. The van der Waals surface area contributed by atoms with Gasteiger partial charge in [-0.25, -0.2) is 0 Å². The first-order valence-corrected chi connectivity index (χ1v) is 3.30. The van der Waals surface area contributed by atoms with Gasteiger partial charge < -0.3 is 4.74 Å². The second-order valence-electron chi connectivity index (χ2n) is 2.33. The van der Waals surface area contributed by atoms with Gasteiger partial charge in [-0.05, 0) is 6.92 Å². The molecular weight excluding hydrogens is 140 g/mol. The van der Waals surface area contributed by atoms with Crippen LogP contribution in [0, 0.1) is 18.3 Å². The van der Waals surface area contributed by atoms with Crippen molar-refractivity contribution < 1.29 is 9.53 Å². The van der Waals surface area contributed by atoms with E-state index in [0.717, 1.165) is 5.57 Å². The average molecular weight is 152 g/mol. The number of carbonyl (C=O) groups is 1. The molecule has 0 heterocycles. The molecule has 0 saturated carbocycles. The molecule has 0 aromatic carbocycles. The van der Waals surface area contributed by atoms with Crippen molar-refractivity contribution in [3.63, 3.8) is 0 Å². The zero-order chi connectivity index (χ0) is 8.85. The zero-order valence-electron chi connectivity index (χ0n) is 6.89. The van der Waals surface area contributed by atoms with Gasteiger partial charge in [0.1, 0.15) is 0 Å². The number of esters is 1. The molecule has 0 N–H and O–H groups in total. The van der Waals surface area contributed by atoms with E-state index < -0.39 is 0 Å². The minimum Gasteiger partial charge on any atom is -0.469 e. The standard InChI is InChI=1S/C9H12O2/c1-5-6-8(7(2)3)9(10)11-4/h1,8H,2,6H2,3-4H3. The predicted octanol–water partition coefficient (Wildman–Crippen LogP) is 1.38. The average Bonchev–Trinajstić information content (AvgIpc) is 1.98. The van der Waals surface area contributed by atoms with Crippen LogP contribution < -0.4 is 0 Å². The second kappa shape index (κ2) is 4.56. The summed E-state index contributed by atoms with van der Waals surface area (Å²) in [6, 6.07) is 0. The van der Waals surface area contributed by atoms with Crippen LogP contribution in [0.1, 0.15) is 13.3 Å². The summed E-state index contributed by atoms with van der Waals surface area (Å²) in [4.78, 5) is 11.0. The van der Waals surface area contributed by atoms with Crippen LogP contribution in [0.25, 0.3) is 0 Å². The quantitative estimate of drug-likeness (QED) is 0.347. The lowest BCUT2D eigenvalue weighted by Gasteiger charge is -2.10. The fourth-order valence-corrected chi connectivity index (χ4v) is 0.719. The van der Waals surface area contributed by atoms with Crippen molar-refractivity contribution in [2.45, 2.75) is 13.3 Å². The highest BCUT2D eigenvalue weighted by Gasteiger charge is 2.17. The molecule has 0 rings (SSSR count). The normalized spacial score (nSPS) is 11.4. The summed E-state index contributed by atoms with van der Waals surface area (Å²) >= 11 is 0. The molecule has 0 aromatic rings. The molecule has 2 heteroatoms. The van der Waals surface area contributed by atoms with Crippen LogP contribution in [-0.4, -0.2) is 13.1 Å². The van der Waals surface area contributed by atoms with Crippen LogP contribution in [0.4, 0.5) is 0 Å². The maximum absolute atomic E-state index is 11.0. The van der Waals surface area contributed by atoms with Crippen LogP contribution >= 0.6 is 0 Å². The molecular formula is C9H12O2. The molecule has 1 atom stereocenters. The smallest absolute Gasteiger partial charge is 0.313 e. The number of hydrogen-bond acceptors (Lipinski definition) is 2. The maximum atomic E-state index is 11.0. The molecule has 60 valence electrons. The molecule has 0 fully saturated rings. The monoisotopic (exact) mass is 152 g/mol. The van der Waals surface area contributed by atoms with Crippen molar-refractivity contribution >= 4 is 5.97 Å². The van der Waals surface area contributed by atoms with Gasteiger partial charge in [-0.1, -0.05) is 12.2 Å². The maximum Gasteiger partial charge on any atom is 0.313 e. The molecule has 11 heavy (non-hydrogen) atoms. The van der Waals surface area contributed by atoms with E-state index in [-0.39, 0.29) is 11.9 Å². The van der Waals surface area contributed by atoms with Crippen LogP contribution in [0.15, 0.2) is 12.2 Å². The summed E-state index contributed by atoms with van der Waals surface area (Å²) in [7, 11) is 1.34. The molecule has 0 spiro atoms. The molecule has 0 amide bonds. The number of ether oxygens (including phenoxy) is 1. The summed E-state index contributed by atoms with van der Waals surface area (Å²) in [5, 5.41) is 0. The molecule has 0 aliphatic carbocycles. The molecule has 0 aromatic heterocycles. The largest absolute Gasteiger partial charge is 0.469 e. The third-order valence-electron chi connectivity index (χ3n) is 1.40. The van der Waals surface area contributed by atoms with E-state index in [4.69, 9.17) is 6.42 Å². The Morgan fingerprint density at radius 1 is 1.82 bits per heavy atom. The Morgan fingerprint density at radius 2 is 2.36 bits per heavy atom. The van der Waals surface area contributed by atoms with Gasteiger partial charge in [-0.15, -0.1) is 12.3 Å². The van der Waals surface area contributed by atoms with E-state index in [2.05, 4.69) is 17.2 Å². The number of rotatable bonds is 3. The number of carbonyl (C=O) groups excluding carboxylic acids is 1. The van der Waals surface area contributed by atoms with Gasteiger partial charge in [0, 0.05) is 6.42 Å². The van der Waals surface area contributed by atoms with Gasteiger partial charge >= 0.3 is 5.97 Å². The van der Waals surface area contributed by atoms with Crippen LogP contribution in [-0.2, 0) is 9.53 Å². The Bertz CT molecular complexity index is 198. The molecule has 0 saturated heterocycles.